The Morgan fingerprint density at radius 2 is 1.94 bits per heavy atom. The van der Waals surface area contributed by atoms with Crippen molar-refractivity contribution in [2.45, 2.75) is 50.4 Å². The first-order valence-corrected chi connectivity index (χ1v) is 12.3. The van der Waals surface area contributed by atoms with E-state index in [-0.39, 0.29) is 17.2 Å². The number of hydrogen-bond acceptors (Lipinski definition) is 4. The molecule has 1 amide bonds. The summed E-state index contributed by atoms with van der Waals surface area (Å²) >= 11 is 7.21. The zero-order valence-electron chi connectivity index (χ0n) is 17.9. The minimum atomic E-state index is -0.103. The summed E-state index contributed by atoms with van der Waals surface area (Å²) in [6.45, 7) is 1.01. The molecule has 0 radical (unpaired) electrons. The number of nitrogens with one attached hydrogen (secondary N) is 1. The number of rotatable bonds is 8. The summed E-state index contributed by atoms with van der Waals surface area (Å²) in [5.41, 5.74) is 3.01. The van der Waals surface area contributed by atoms with Crippen LogP contribution >= 0.6 is 23.4 Å². The Morgan fingerprint density at radius 1 is 1.12 bits per heavy atom. The Hall–Kier alpha value is -2.57. The fourth-order valence-corrected chi connectivity index (χ4v) is 4.81. The van der Waals surface area contributed by atoms with E-state index in [1.54, 1.807) is 16.7 Å². The maximum atomic E-state index is 13.2. The van der Waals surface area contributed by atoms with E-state index in [2.05, 4.69) is 11.4 Å². The predicted octanol–water partition coefficient (Wildman–Crippen LogP) is 5.35. The molecular weight excluding hydrogens is 442 g/mol. The molecule has 0 aliphatic heterocycles. The number of amides is 1. The van der Waals surface area contributed by atoms with E-state index < -0.39 is 0 Å². The second-order valence-electron chi connectivity index (χ2n) is 7.92. The van der Waals surface area contributed by atoms with E-state index in [0.717, 1.165) is 24.8 Å². The van der Waals surface area contributed by atoms with Gasteiger partial charge in [0.1, 0.15) is 0 Å². The fourth-order valence-electron chi connectivity index (χ4n) is 3.83. The number of nitrogens with zero attached hydrogens (tertiary/aromatic N) is 2. The van der Waals surface area contributed by atoms with Gasteiger partial charge in [0.05, 0.1) is 16.7 Å². The third-order valence-corrected chi connectivity index (χ3v) is 6.83. The number of halogens is 1. The zero-order chi connectivity index (χ0) is 22.3. The Labute approximate surface area is 196 Å². The molecule has 1 aliphatic carbocycles. The Bertz CT molecular complexity index is 1190. The van der Waals surface area contributed by atoms with Crippen molar-refractivity contribution in [2.24, 2.45) is 0 Å². The highest BCUT2D eigenvalue weighted by molar-refractivity contribution is 7.99. The van der Waals surface area contributed by atoms with Crippen LogP contribution in [-0.4, -0.2) is 21.2 Å². The summed E-state index contributed by atoms with van der Waals surface area (Å²) in [6, 6.07) is 14.8. The van der Waals surface area contributed by atoms with Crippen molar-refractivity contribution in [2.75, 3.05) is 5.75 Å². The van der Waals surface area contributed by atoms with Crippen LogP contribution in [0.4, 0.5) is 0 Å². The lowest BCUT2D eigenvalue weighted by molar-refractivity contribution is -0.118. The van der Waals surface area contributed by atoms with Crippen LogP contribution in [0, 0.1) is 0 Å². The first kappa shape index (κ1) is 22.6. The summed E-state index contributed by atoms with van der Waals surface area (Å²) in [4.78, 5) is 30.3. The van der Waals surface area contributed by atoms with Crippen LogP contribution in [0.15, 0.2) is 70.1 Å². The van der Waals surface area contributed by atoms with Crippen molar-refractivity contribution in [1.82, 2.24) is 14.9 Å². The van der Waals surface area contributed by atoms with Crippen LogP contribution in [0.2, 0.25) is 5.02 Å². The minimum absolute atomic E-state index is 0.0453. The molecule has 0 saturated carbocycles. The Kier molecular flexibility index (Phi) is 7.66. The molecule has 0 fully saturated rings. The number of fused-ring (bicyclic) bond motifs is 1. The third-order valence-electron chi connectivity index (χ3n) is 5.60. The number of carbonyl (C=O) groups is 1. The molecule has 2 aromatic carbocycles. The fraction of sp³-hybridized carbons (Fsp3) is 0.320. The van der Waals surface area contributed by atoms with Crippen LogP contribution in [0.5, 0.6) is 0 Å². The molecule has 1 heterocycles. The summed E-state index contributed by atoms with van der Waals surface area (Å²) < 4.78 is 1.73. The maximum absolute atomic E-state index is 13.2. The van der Waals surface area contributed by atoms with E-state index in [4.69, 9.17) is 16.6 Å². The molecule has 4 rings (SSSR count). The summed E-state index contributed by atoms with van der Waals surface area (Å²) in [6.07, 6.45) is 7.83. The molecule has 7 heteroatoms. The smallest absolute Gasteiger partial charge is 0.262 e. The average Bonchev–Trinajstić information content (AvgIpc) is 2.82. The highest BCUT2D eigenvalue weighted by atomic mass is 35.5. The molecule has 0 saturated heterocycles. The van der Waals surface area contributed by atoms with Crippen molar-refractivity contribution in [3.63, 3.8) is 0 Å². The van der Waals surface area contributed by atoms with Gasteiger partial charge in [0.15, 0.2) is 5.16 Å². The number of aromatic nitrogens is 2. The van der Waals surface area contributed by atoms with Crippen molar-refractivity contribution in [3.05, 3.63) is 81.1 Å². The van der Waals surface area contributed by atoms with Crippen LogP contribution in [0.25, 0.3) is 10.9 Å². The van der Waals surface area contributed by atoms with Gasteiger partial charge in [-0.2, -0.15) is 0 Å². The quantitative estimate of drug-likeness (QED) is 0.275. The van der Waals surface area contributed by atoms with E-state index in [9.17, 15) is 9.59 Å². The zero-order valence-corrected chi connectivity index (χ0v) is 19.4. The molecule has 0 atom stereocenters. The normalized spacial score (nSPS) is 13.7. The van der Waals surface area contributed by atoms with Gasteiger partial charge >= 0.3 is 0 Å². The number of carbonyl (C=O) groups excluding carboxylic acids is 1. The second-order valence-corrected chi connectivity index (χ2v) is 9.30. The summed E-state index contributed by atoms with van der Waals surface area (Å²) in [5.74, 6) is 0.0926. The molecule has 5 nitrogen and oxygen atoms in total. The van der Waals surface area contributed by atoms with Gasteiger partial charge < -0.3 is 5.32 Å². The Balaban J connectivity index is 1.47. The van der Waals surface area contributed by atoms with Gasteiger partial charge in [-0.3, -0.25) is 14.2 Å². The average molecular weight is 468 g/mol. The lowest BCUT2D eigenvalue weighted by Crippen LogP contribution is -2.27. The second kappa shape index (κ2) is 10.8. The van der Waals surface area contributed by atoms with Gasteiger partial charge in [-0.25, -0.2) is 4.98 Å². The SMILES string of the molecule is O=C(CSc1nc2ccccc2c(=O)n1CCC1=CCCCC1)NCc1ccc(Cl)cc1. The van der Waals surface area contributed by atoms with Gasteiger partial charge in [0, 0.05) is 18.1 Å². The van der Waals surface area contributed by atoms with Crippen molar-refractivity contribution < 1.29 is 4.79 Å². The minimum Gasteiger partial charge on any atom is -0.351 e. The highest BCUT2D eigenvalue weighted by Gasteiger charge is 2.14. The largest absolute Gasteiger partial charge is 0.351 e. The third kappa shape index (κ3) is 5.81. The van der Waals surface area contributed by atoms with Gasteiger partial charge in [0.2, 0.25) is 5.91 Å². The molecule has 1 N–H and O–H groups in total. The molecule has 0 bridgehead atoms. The molecule has 32 heavy (non-hydrogen) atoms. The van der Waals surface area contributed by atoms with Gasteiger partial charge in [-0.15, -0.1) is 0 Å². The van der Waals surface area contributed by atoms with Gasteiger partial charge in [0.25, 0.3) is 5.56 Å². The van der Waals surface area contributed by atoms with Crippen LogP contribution < -0.4 is 10.9 Å². The van der Waals surface area contributed by atoms with E-state index in [0.29, 0.717) is 34.2 Å². The molecule has 0 unspecified atom stereocenters. The number of hydrogen-bond donors (Lipinski definition) is 1. The molecule has 1 aromatic heterocycles. The molecule has 1 aliphatic rings. The number of para-hydroxylation sites is 1. The first-order valence-electron chi connectivity index (χ1n) is 10.9. The van der Waals surface area contributed by atoms with Crippen LogP contribution in [-0.2, 0) is 17.9 Å². The molecular formula is C25H26ClN3O2S. The van der Waals surface area contributed by atoms with E-state index in [1.165, 1.54) is 30.2 Å². The van der Waals surface area contributed by atoms with E-state index >= 15 is 0 Å². The van der Waals surface area contributed by atoms with Crippen molar-refractivity contribution in [3.8, 4) is 0 Å². The maximum Gasteiger partial charge on any atom is 0.262 e. The summed E-state index contributed by atoms with van der Waals surface area (Å²) in [7, 11) is 0. The van der Waals surface area contributed by atoms with Gasteiger partial charge in [-0.05, 0) is 61.9 Å². The van der Waals surface area contributed by atoms with E-state index in [1.807, 2.05) is 36.4 Å². The lowest BCUT2D eigenvalue weighted by Gasteiger charge is -2.16. The van der Waals surface area contributed by atoms with Gasteiger partial charge in [-0.1, -0.05) is 59.3 Å². The lowest BCUT2D eigenvalue weighted by atomic mass is 9.97. The molecule has 166 valence electrons. The Morgan fingerprint density at radius 3 is 2.72 bits per heavy atom. The summed E-state index contributed by atoms with van der Waals surface area (Å²) in [5, 5.41) is 4.79. The topological polar surface area (TPSA) is 64.0 Å². The van der Waals surface area contributed by atoms with Crippen LogP contribution in [0.1, 0.15) is 37.7 Å². The highest BCUT2D eigenvalue weighted by Crippen LogP contribution is 2.23. The van der Waals surface area contributed by atoms with Crippen LogP contribution in [0.3, 0.4) is 0 Å². The van der Waals surface area contributed by atoms with Crippen molar-refractivity contribution in [1.29, 1.82) is 0 Å². The number of benzene rings is 2. The number of thioether (sulfide) groups is 1. The number of allylic oxidation sites excluding steroid dienone is 2. The molecule has 0 spiro atoms. The standard InChI is InChI=1S/C25H26ClN3O2S/c26-20-12-10-19(11-13-20)16-27-23(30)17-32-25-28-22-9-5-4-8-21(22)24(31)29(25)15-14-18-6-2-1-3-7-18/h4-6,8-13H,1-3,7,14-17H2,(H,27,30). The monoisotopic (exact) mass is 467 g/mol. The molecule has 3 aromatic rings. The van der Waals surface area contributed by atoms with Crippen molar-refractivity contribution >= 4 is 40.2 Å². The predicted molar refractivity (Wildman–Crippen MR) is 131 cm³/mol. The first-order chi connectivity index (χ1) is 15.6.